The number of halogens is 8. The van der Waals surface area contributed by atoms with E-state index in [1.807, 2.05) is 13.0 Å². The fourth-order valence-corrected chi connectivity index (χ4v) is 3.82. The molecule has 2 aromatic rings. The zero-order chi connectivity index (χ0) is 24.8. The molecular weight excluding hydrogens is 570 g/mol. The number of aromatic hydroxyl groups is 1. The predicted octanol–water partition coefficient (Wildman–Crippen LogP) is 8.91. The van der Waals surface area contributed by atoms with Crippen molar-refractivity contribution in [2.75, 3.05) is 0 Å². The van der Waals surface area contributed by atoms with Gasteiger partial charge < -0.3 is 5.11 Å². The van der Waals surface area contributed by atoms with Crippen LogP contribution < -0.4 is 0 Å². The normalized spacial score (nSPS) is 15.3. The molecule has 1 aliphatic carbocycles. The Morgan fingerprint density at radius 3 is 1.91 bits per heavy atom. The van der Waals surface area contributed by atoms with Crippen LogP contribution in [0.5, 0.6) is 5.75 Å². The quantitative estimate of drug-likeness (QED) is 0.281. The number of hydrogen-bond acceptors (Lipinski definition) is 2. The third-order valence-electron chi connectivity index (χ3n) is 5.28. The molecule has 1 saturated carbocycles. The van der Waals surface area contributed by atoms with Crippen molar-refractivity contribution in [1.29, 1.82) is 0 Å². The molecule has 0 heterocycles. The van der Waals surface area contributed by atoms with Gasteiger partial charge in [0.15, 0.2) is 0 Å². The zero-order valence-corrected chi connectivity index (χ0v) is 21.5. The Balaban J connectivity index is 0.00000122. The van der Waals surface area contributed by atoms with Gasteiger partial charge >= 0.3 is 50.2 Å². The van der Waals surface area contributed by atoms with E-state index >= 15 is 0 Å². The number of alkyl halides is 6. The average Bonchev–Trinajstić information content (AvgIpc) is 2.74. The molecule has 0 unspecified atom stereocenters. The molecule has 0 amide bonds. The monoisotopic (exact) mass is 589 g/mol. The second-order valence-electron chi connectivity index (χ2n) is 7.72. The van der Waals surface area contributed by atoms with E-state index in [0.717, 1.165) is 49.4 Å². The predicted molar refractivity (Wildman–Crippen MR) is 114 cm³/mol. The summed E-state index contributed by atoms with van der Waals surface area (Å²) in [7, 11) is 9.87. The summed E-state index contributed by atoms with van der Waals surface area (Å²) in [4.78, 5) is 3.83. The van der Waals surface area contributed by atoms with Crippen LogP contribution in [0.1, 0.15) is 65.8 Å². The van der Waals surface area contributed by atoms with Crippen LogP contribution >= 0.6 is 17.0 Å². The number of benzene rings is 2. The van der Waals surface area contributed by atoms with Gasteiger partial charge in [-0.05, 0) is 61.1 Å². The van der Waals surface area contributed by atoms with Gasteiger partial charge in [0.05, 0.1) is 16.8 Å². The Labute approximate surface area is 206 Å². The number of aryl methyl sites for hydroxylation is 1. The van der Waals surface area contributed by atoms with Crippen molar-refractivity contribution in [1.82, 2.24) is 0 Å². The SMILES string of the molecule is Cc1cc(C=Nc2cc(C(F)(F)F)cc(C(F)(F)F)c2)c(O)c(C2CCCCC2)c1.[Cl][Zr][Cl]. The van der Waals surface area contributed by atoms with Gasteiger partial charge in [-0.15, -0.1) is 0 Å². The molecule has 0 aromatic heterocycles. The molecule has 0 spiro atoms. The van der Waals surface area contributed by atoms with Gasteiger partial charge in [0.2, 0.25) is 0 Å². The molecule has 2 nitrogen and oxygen atoms in total. The first-order valence-corrected chi connectivity index (χ1v) is 16.3. The second kappa shape index (κ2) is 12.1. The Kier molecular flexibility index (Phi) is 10.3. The summed E-state index contributed by atoms with van der Waals surface area (Å²) < 4.78 is 78.1. The molecule has 1 aliphatic rings. The van der Waals surface area contributed by atoms with E-state index in [9.17, 15) is 31.4 Å². The first kappa shape index (κ1) is 28.2. The second-order valence-corrected chi connectivity index (χ2v) is 11.5. The van der Waals surface area contributed by atoms with Crippen molar-refractivity contribution in [2.24, 2.45) is 4.99 Å². The molecule has 0 saturated heterocycles. The minimum atomic E-state index is -4.94. The number of rotatable bonds is 3. The van der Waals surface area contributed by atoms with Crippen LogP contribution in [0, 0.1) is 6.92 Å². The Morgan fingerprint density at radius 2 is 1.42 bits per heavy atom. The van der Waals surface area contributed by atoms with E-state index in [2.05, 4.69) is 4.99 Å². The van der Waals surface area contributed by atoms with E-state index in [1.165, 1.54) is 0 Å². The summed E-state index contributed by atoms with van der Waals surface area (Å²) in [6, 6.07) is 4.64. The van der Waals surface area contributed by atoms with Gasteiger partial charge in [-0.2, -0.15) is 26.3 Å². The molecule has 3 rings (SSSR count). The number of phenols is 1. The average molecular weight is 592 g/mol. The van der Waals surface area contributed by atoms with Crippen molar-refractivity contribution < 1.29 is 52.3 Å². The number of phenolic OH excluding ortho intramolecular Hbond substituents is 1. The van der Waals surface area contributed by atoms with Crippen LogP contribution in [-0.4, -0.2) is 11.3 Å². The minimum absolute atomic E-state index is 0.0285. The van der Waals surface area contributed by atoms with Gasteiger partial charge in [-0.3, -0.25) is 4.99 Å². The van der Waals surface area contributed by atoms with Crippen LogP contribution in [0.25, 0.3) is 0 Å². The standard InChI is InChI=1S/C22H21F6NO.2ClH.Zr/c1-13-7-15(20(30)19(8-13)14-5-3-2-4-6-14)12-29-18-10-16(21(23,24)25)9-17(11-18)22(26,27)28;;;/h7-12,14,30H,2-6H2,1H3;2*1H;/q;;;+2/p-2. The van der Waals surface area contributed by atoms with Crippen molar-refractivity contribution in [3.63, 3.8) is 0 Å². The van der Waals surface area contributed by atoms with E-state index < -0.39 is 50.0 Å². The summed E-state index contributed by atoms with van der Waals surface area (Å²) in [5.41, 5.74) is -1.51. The summed E-state index contributed by atoms with van der Waals surface area (Å²) >= 11 is -0.826. The third kappa shape index (κ3) is 8.29. The van der Waals surface area contributed by atoms with Crippen molar-refractivity contribution in [2.45, 2.75) is 57.3 Å². The van der Waals surface area contributed by atoms with Crippen LogP contribution in [0.4, 0.5) is 32.0 Å². The van der Waals surface area contributed by atoms with Crippen molar-refractivity contribution >= 4 is 28.9 Å². The van der Waals surface area contributed by atoms with Crippen molar-refractivity contribution in [3.8, 4) is 5.75 Å². The van der Waals surface area contributed by atoms with Gasteiger partial charge in [0.25, 0.3) is 0 Å². The van der Waals surface area contributed by atoms with Crippen LogP contribution in [0.2, 0.25) is 0 Å². The molecule has 33 heavy (non-hydrogen) atoms. The van der Waals surface area contributed by atoms with E-state index in [0.29, 0.717) is 12.1 Å². The summed E-state index contributed by atoms with van der Waals surface area (Å²) in [6.45, 7) is 1.81. The number of aliphatic imine (C=N–C) groups is 1. The molecule has 1 N–H and O–H groups in total. The van der Waals surface area contributed by atoms with Crippen molar-refractivity contribution in [3.05, 3.63) is 58.1 Å². The topological polar surface area (TPSA) is 32.6 Å². The summed E-state index contributed by atoms with van der Waals surface area (Å²) in [5.74, 6) is 0.149. The van der Waals surface area contributed by atoms with E-state index in [4.69, 9.17) is 17.0 Å². The molecule has 0 bridgehead atoms. The first-order chi connectivity index (χ1) is 15.4. The molecule has 0 atom stereocenters. The van der Waals surface area contributed by atoms with Gasteiger partial charge in [-0.1, -0.05) is 25.3 Å². The van der Waals surface area contributed by atoms with E-state index in [1.54, 1.807) is 6.07 Å². The van der Waals surface area contributed by atoms with Gasteiger partial charge in [0, 0.05) is 11.8 Å². The van der Waals surface area contributed by atoms with Gasteiger partial charge in [-0.25, -0.2) is 0 Å². The fourth-order valence-electron chi connectivity index (χ4n) is 3.82. The molecular formula is C22H21Cl2F6NOZr. The van der Waals surface area contributed by atoms with Crippen LogP contribution in [0.15, 0.2) is 35.3 Å². The van der Waals surface area contributed by atoms with Gasteiger partial charge in [0.1, 0.15) is 5.75 Å². The van der Waals surface area contributed by atoms with Crippen LogP contribution in [0.3, 0.4) is 0 Å². The molecule has 180 valence electrons. The first-order valence-electron chi connectivity index (χ1n) is 10.00. The third-order valence-corrected chi connectivity index (χ3v) is 5.28. The molecule has 11 heteroatoms. The fraction of sp³-hybridized carbons (Fsp3) is 0.409. The maximum atomic E-state index is 13.0. The molecule has 0 radical (unpaired) electrons. The summed E-state index contributed by atoms with van der Waals surface area (Å²) in [6.07, 6.45) is -3.68. The maximum absolute atomic E-state index is 13.0. The molecule has 2 aromatic carbocycles. The molecule has 1 fully saturated rings. The zero-order valence-electron chi connectivity index (χ0n) is 17.5. The Hall–Kier alpha value is -1.05. The Morgan fingerprint density at radius 1 is 0.909 bits per heavy atom. The van der Waals surface area contributed by atoms with Crippen LogP contribution in [-0.2, 0) is 33.2 Å². The summed E-state index contributed by atoms with van der Waals surface area (Å²) in [5, 5.41) is 10.7. The Bertz CT molecular complexity index is 940. The molecule has 0 aliphatic heterocycles. The van der Waals surface area contributed by atoms with E-state index in [-0.39, 0.29) is 23.3 Å². The number of hydrogen-bond donors (Lipinski definition) is 1. The number of nitrogens with zero attached hydrogens (tertiary/aromatic N) is 1.